The van der Waals surface area contributed by atoms with Gasteiger partial charge >= 0.3 is 0 Å². The fraction of sp³-hybridized carbons (Fsp3) is 0.353. The second kappa shape index (κ2) is 6.84. The number of hydrogen-bond donors (Lipinski definition) is 0. The lowest BCUT2D eigenvalue weighted by Gasteiger charge is -2.28. The van der Waals surface area contributed by atoms with E-state index >= 15 is 0 Å². The number of nitrogens with zero attached hydrogens (tertiary/aromatic N) is 5. The topological polar surface area (TPSA) is 69.2 Å². The molecule has 0 bridgehead atoms. The van der Waals surface area contributed by atoms with E-state index in [1.807, 2.05) is 18.3 Å². The average molecular weight is 325 g/mol. The van der Waals surface area contributed by atoms with Crippen LogP contribution in [-0.2, 0) is 19.6 Å². The molecule has 3 aromatic rings. The summed E-state index contributed by atoms with van der Waals surface area (Å²) in [6, 6.07) is 6.24. The Morgan fingerprint density at radius 1 is 1.25 bits per heavy atom. The van der Waals surface area contributed by atoms with Gasteiger partial charge in [-0.15, -0.1) is 0 Å². The molecular formula is C17H19N5O2. The number of hydrogen-bond acceptors (Lipinski definition) is 6. The summed E-state index contributed by atoms with van der Waals surface area (Å²) in [6.07, 6.45) is 9.44. The lowest BCUT2D eigenvalue weighted by Crippen LogP contribution is -2.38. The monoisotopic (exact) mass is 325 g/mol. The van der Waals surface area contributed by atoms with E-state index in [0.717, 1.165) is 31.8 Å². The lowest BCUT2D eigenvalue weighted by atomic mass is 10.2. The Morgan fingerprint density at radius 3 is 3.08 bits per heavy atom. The van der Waals surface area contributed by atoms with Gasteiger partial charge in [0.1, 0.15) is 12.4 Å². The van der Waals surface area contributed by atoms with Crippen LogP contribution < -0.4 is 4.74 Å². The van der Waals surface area contributed by atoms with Crippen LogP contribution in [0.4, 0.5) is 0 Å². The second-order valence-corrected chi connectivity index (χ2v) is 5.83. The largest absolute Gasteiger partial charge is 0.475 e. The van der Waals surface area contributed by atoms with Gasteiger partial charge < -0.3 is 9.15 Å². The van der Waals surface area contributed by atoms with Crippen molar-refractivity contribution in [1.82, 2.24) is 24.6 Å². The van der Waals surface area contributed by atoms with E-state index in [-0.39, 0.29) is 6.04 Å². The number of aryl methyl sites for hydroxylation is 1. The third-order valence-corrected chi connectivity index (χ3v) is 4.26. The Kier molecular flexibility index (Phi) is 4.24. The molecule has 1 aliphatic heterocycles. The van der Waals surface area contributed by atoms with Crippen molar-refractivity contribution in [2.45, 2.75) is 32.1 Å². The molecule has 7 nitrogen and oxygen atoms in total. The highest BCUT2D eigenvalue weighted by atomic mass is 16.5. The van der Waals surface area contributed by atoms with Crippen molar-refractivity contribution in [3.05, 3.63) is 60.7 Å². The molecule has 0 saturated heterocycles. The van der Waals surface area contributed by atoms with Gasteiger partial charge in [-0.1, -0.05) is 0 Å². The van der Waals surface area contributed by atoms with Crippen molar-refractivity contribution in [3.63, 3.8) is 0 Å². The summed E-state index contributed by atoms with van der Waals surface area (Å²) >= 11 is 0. The summed E-state index contributed by atoms with van der Waals surface area (Å²) in [5.74, 6) is 1.50. The highest BCUT2D eigenvalue weighted by molar-refractivity contribution is 5.06. The molecular weight excluding hydrogens is 306 g/mol. The average Bonchev–Trinajstić information content (AvgIpc) is 3.25. The SMILES string of the molecule is c1coc(CN2Cc3ccnn3CC[C@H]2COc2cnccn2)c1. The van der Waals surface area contributed by atoms with Crippen molar-refractivity contribution >= 4 is 0 Å². The third-order valence-electron chi connectivity index (χ3n) is 4.26. The minimum Gasteiger partial charge on any atom is -0.475 e. The third kappa shape index (κ3) is 3.30. The maximum absolute atomic E-state index is 5.85. The van der Waals surface area contributed by atoms with Crippen LogP contribution in [0, 0.1) is 0 Å². The minimum absolute atomic E-state index is 0.249. The molecule has 7 heteroatoms. The van der Waals surface area contributed by atoms with Gasteiger partial charge in [0.25, 0.3) is 0 Å². The van der Waals surface area contributed by atoms with E-state index in [4.69, 9.17) is 9.15 Å². The summed E-state index contributed by atoms with van der Waals surface area (Å²) in [5.41, 5.74) is 1.21. The van der Waals surface area contributed by atoms with E-state index in [9.17, 15) is 0 Å². The first-order valence-electron chi connectivity index (χ1n) is 8.04. The van der Waals surface area contributed by atoms with E-state index in [0.29, 0.717) is 12.5 Å². The molecule has 0 amide bonds. The van der Waals surface area contributed by atoms with E-state index in [1.165, 1.54) is 5.69 Å². The zero-order chi connectivity index (χ0) is 16.2. The predicted molar refractivity (Wildman–Crippen MR) is 86.1 cm³/mol. The molecule has 0 fully saturated rings. The smallest absolute Gasteiger partial charge is 0.232 e. The van der Waals surface area contributed by atoms with Crippen molar-refractivity contribution in [2.24, 2.45) is 0 Å². The quantitative estimate of drug-likeness (QED) is 0.716. The van der Waals surface area contributed by atoms with Gasteiger partial charge in [0.05, 0.1) is 24.7 Å². The van der Waals surface area contributed by atoms with Crippen LogP contribution in [0.2, 0.25) is 0 Å². The van der Waals surface area contributed by atoms with Gasteiger partial charge in [-0.3, -0.25) is 14.6 Å². The Balaban J connectivity index is 1.50. The summed E-state index contributed by atoms with van der Waals surface area (Å²) in [6.45, 7) is 3.00. The van der Waals surface area contributed by atoms with Crippen LogP contribution in [0.3, 0.4) is 0 Å². The zero-order valence-corrected chi connectivity index (χ0v) is 13.3. The second-order valence-electron chi connectivity index (χ2n) is 5.83. The van der Waals surface area contributed by atoms with Crippen LogP contribution in [0.1, 0.15) is 17.9 Å². The molecule has 124 valence electrons. The normalized spacial score (nSPS) is 18.1. The van der Waals surface area contributed by atoms with Crippen LogP contribution in [0.5, 0.6) is 5.88 Å². The maximum Gasteiger partial charge on any atom is 0.232 e. The van der Waals surface area contributed by atoms with Gasteiger partial charge in [0, 0.05) is 37.7 Å². The molecule has 0 aliphatic carbocycles. The first-order valence-corrected chi connectivity index (χ1v) is 8.04. The van der Waals surface area contributed by atoms with Crippen molar-refractivity contribution in [1.29, 1.82) is 0 Å². The highest BCUT2D eigenvalue weighted by Crippen LogP contribution is 2.20. The number of rotatable bonds is 5. The van der Waals surface area contributed by atoms with Crippen LogP contribution >= 0.6 is 0 Å². The molecule has 1 aliphatic rings. The number of aromatic nitrogens is 4. The molecule has 0 N–H and O–H groups in total. The molecule has 0 unspecified atom stereocenters. The highest BCUT2D eigenvalue weighted by Gasteiger charge is 2.25. The molecule has 0 radical (unpaired) electrons. The summed E-state index contributed by atoms with van der Waals surface area (Å²) in [5, 5.41) is 4.40. The molecule has 0 aromatic carbocycles. The first kappa shape index (κ1) is 14.9. The van der Waals surface area contributed by atoms with Gasteiger partial charge in [-0.25, -0.2) is 4.98 Å². The molecule has 4 rings (SSSR count). The number of furan rings is 1. The van der Waals surface area contributed by atoms with Crippen molar-refractivity contribution in [3.8, 4) is 5.88 Å². The molecule has 3 aromatic heterocycles. The molecule has 4 heterocycles. The summed E-state index contributed by atoms with van der Waals surface area (Å²) < 4.78 is 13.4. The molecule has 0 spiro atoms. The van der Waals surface area contributed by atoms with Gasteiger partial charge in [-0.05, 0) is 24.6 Å². The van der Waals surface area contributed by atoms with E-state index in [2.05, 4.69) is 30.7 Å². The molecule has 0 saturated carbocycles. The van der Waals surface area contributed by atoms with Crippen LogP contribution in [-0.4, -0.2) is 37.3 Å². The number of fused-ring (bicyclic) bond motifs is 1. The summed E-state index contributed by atoms with van der Waals surface area (Å²) in [4.78, 5) is 10.6. The zero-order valence-electron chi connectivity index (χ0n) is 13.3. The first-order chi connectivity index (χ1) is 11.9. The lowest BCUT2D eigenvalue weighted by molar-refractivity contribution is 0.109. The van der Waals surface area contributed by atoms with Crippen molar-refractivity contribution < 1.29 is 9.15 Å². The van der Waals surface area contributed by atoms with E-state index < -0.39 is 0 Å². The minimum atomic E-state index is 0.249. The predicted octanol–water partition coefficient (Wildman–Crippen LogP) is 2.12. The number of ether oxygens (including phenoxy) is 1. The Morgan fingerprint density at radius 2 is 2.25 bits per heavy atom. The molecule has 1 atom stereocenters. The van der Waals surface area contributed by atoms with Gasteiger partial charge in [0.15, 0.2) is 0 Å². The fourth-order valence-electron chi connectivity index (χ4n) is 3.00. The Labute approximate surface area is 139 Å². The van der Waals surface area contributed by atoms with Crippen LogP contribution in [0.15, 0.2) is 53.7 Å². The Hall–Kier alpha value is -2.67. The van der Waals surface area contributed by atoms with Crippen molar-refractivity contribution in [2.75, 3.05) is 6.61 Å². The summed E-state index contributed by atoms with van der Waals surface area (Å²) in [7, 11) is 0. The Bertz CT molecular complexity index is 756. The van der Waals surface area contributed by atoms with Gasteiger partial charge in [-0.2, -0.15) is 5.10 Å². The van der Waals surface area contributed by atoms with Gasteiger partial charge in [0.2, 0.25) is 5.88 Å². The fourth-order valence-corrected chi connectivity index (χ4v) is 3.00. The van der Waals surface area contributed by atoms with Crippen LogP contribution in [0.25, 0.3) is 0 Å². The molecule has 24 heavy (non-hydrogen) atoms. The maximum atomic E-state index is 5.85. The van der Waals surface area contributed by atoms with E-state index in [1.54, 1.807) is 24.9 Å². The standard InChI is InChI=1S/C17H19N5O2/c1-2-16(23-9-1)12-21-11-14-3-5-20-22(14)8-4-15(21)13-24-17-10-18-6-7-19-17/h1-3,5-7,9-10,15H,4,8,11-13H2/t15-/m0/s1.